The number of aromatic amines is 3. The number of nitrogens with zero attached hydrogens (tertiary/aromatic N) is 1. The van der Waals surface area contributed by atoms with Crippen molar-refractivity contribution in [3.8, 4) is 0 Å². The molecule has 0 radical (unpaired) electrons. The quantitative estimate of drug-likeness (QED) is 0.635. The van der Waals surface area contributed by atoms with Crippen LogP contribution in [0.4, 0.5) is 0 Å². The highest BCUT2D eigenvalue weighted by Gasteiger charge is 2.19. The molecule has 2 rings (SSSR count). The summed E-state index contributed by atoms with van der Waals surface area (Å²) in [5, 5.41) is -0.162. The van der Waals surface area contributed by atoms with Crippen molar-refractivity contribution in [2.24, 2.45) is 0 Å². The normalized spacial score (nSPS) is 14.2. The second-order valence-electron chi connectivity index (χ2n) is 5.26. The van der Waals surface area contributed by atoms with Gasteiger partial charge in [-0.2, -0.15) is 0 Å². The molecule has 0 spiro atoms. The van der Waals surface area contributed by atoms with Gasteiger partial charge in [-0.3, -0.25) is 9.59 Å². The molecule has 0 bridgehead atoms. The lowest BCUT2D eigenvalue weighted by Gasteiger charge is -2.16. The summed E-state index contributed by atoms with van der Waals surface area (Å²) < 4.78 is 8.12. The number of hydrogen-bond donors (Lipinski definition) is 3. The number of nitrogens with one attached hydrogen (secondary N) is 3. The number of imidazole rings is 1. The van der Waals surface area contributed by atoms with Crippen LogP contribution in [0, 0.1) is 0 Å². The van der Waals surface area contributed by atoms with E-state index in [0.717, 1.165) is 5.69 Å². The van der Waals surface area contributed by atoms with Crippen LogP contribution in [-0.4, -0.2) is 19.9 Å². The molecule has 2 aromatic heterocycles. The smallest absolute Gasteiger partial charge is 0.272 e. The van der Waals surface area contributed by atoms with Crippen molar-refractivity contribution >= 4 is 12.6 Å². The van der Waals surface area contributed by atoms with Gasteiger partial charge in [-0.25, -0.2) is 4.98 Å². The molecule has 0 aliphatic heterocycles. The molecule has 0 aliphatic rings. The zero-order valence-corrected chi connectivity index (χ0v) is 11.0. The van der Waals surface area contributed by atoms with Crippen molar-refractivity contribution in [3.05, 3.63) is 49.1 Å². The first-order chi connectivity index (χ1) is 9.21. The van der Waals surface area contributed by atoms with Gasteiger partial charge in [-0.1, -0.05) is 27.4 Å². The van der Waals surface area contributed by atoms with Crippen molar-refractivity contribution in [2.45, 2.75) is 26.2 Å². The highest BCUT2D eigenvalue weighted by Crippen LogP contribution is 2.22. The van der Waals surface area contributed by atoms with Gasteiger partial charge in [0, 0.05) is 11.1 Å². The van der Waals surface area contributed by atoms with Crippen LogP contribution in [0.1, 0.15) is 33.5 Å². The van der Waals surface area contributed by atoms with Gasteiger partial charge < -0.3 is 15.0 Å². The summed E-state index contributed by atoms with van der Waals surface area (Å²) in [7, 11) is 0. The molecule has 2 aromatic rings. The summed E-state index contributed by atoms with van der Waals surface area (Å²) in [5.41, 5.74) is -0.297. The minimum absolute atomic E-state index is 0.0374. The van der Waals surface area contributed by atoms with Crippen LogP contribution in [0.3, 0.4) is 0 Å². The molecule has 6 nitrogen and oxygen atoms in total. The molecule has 0 aliphatic carbocycles. The standard InChI is InChI=1S/C13H16N4O2/c1-7-11(18)17-9(12(19)16-7)5-8-10(13(2,3)4)15-6-14-8/h5-6H,1H2,2-4H3,(H,14,15)(H,16,19)(H,17,18)/i5D. The summed E-state index contributed by atoms with van der Waals surface area (Å²) in [6.45, 7) is 9.29. The fourth-order valence-corrected chi connectivity index (χ4v) is 1.67. The van der Waals surface area contributed by atoms with Crippen LogP contribution >= 0.6 is 0 Å². The van der Waals surface area contributed by atoms with Gasteiger partial charge in [0.2, 0.25) is 0 Å². The van der Waals surface area contributed by atoms with Gasteiger partial charge in [0.15, 0.2) is 0 Å². The van der Waals surface area contributed by atoms with Gasteiger partial charge in [0.05, 0.1) is 18.7 Å². The Morgan fingerprint density at radius 2 is 2.00 bits per heavy atom. The van der Waals surface area contributed by atoms with E-state index in [0.29, 0.717) is 5.69 Å². The van der Waals surface area contributed by atoms with E-state index in [1.807, 2.05) is 20.8 Å². The monoisotopic (exact) mass is 261 g/mol. The number of H-pyrrole nitrogens is 3. The van der Waals surface area contributed by atoms with Gasteiger partial charge in [-0.15, -0.1) is 0 Å². The van der Waals surface area contributed by atoms with E-state index in [9.17, 15) is 9.59 Å². The zero-order valence-electron chi connectivity index (χ0n) is 12.0. The summed E-state index contributed by atoms with van der Waals surface area (Å²) in [6.07, 6.45) is 1.46. The predicted octanol–water partition coefficient (Wildman–Crippen LogP) is -0.677. The minimum Gasteiger partial charge on any atom is -0.348 e. The largest absolute Gasteiger partial charge is 0.348 e. The van der Waals surface area contributed by atoms with E-state index in [4.69, 9.17) is 1.37 Å². The van der Waals surface area contributed by atoms with E-state index < -0.39 is 11.1 Å². The molecule has 19 heavy (non-hydrogen) atoms. The lowest BCUT2D eigenvalue weighted by Crippen LogP contribution is -2.46. The Bertz CT molecular complexity index is 867. The maximum absolute atomic E-state index is 11.8. The predicted molar refractivity (Wildman–Crippen MR) is 73.3 cm³/mol. The van der Waals surface area contributed by atoms with Crippen molar-refractivity contribution < 1.29 is 1.37 Å². The first-order valence-corrected chi connectivity index (χ1v) is 5.78. The van der Waals surface area contributed by atoms with Crippen molar-refractivity contribution in [2.75, 3.05) is 0 Å². The molecule has 2 heterocycles. The zero-order chi connectivity index (χ0) is 15.1. The lowest BCUT2D eigenvalue weighted by molar-refractivity contribution is 0.571. The summed E-state index contributed by atoms with van der Waals surface area (Å²) >= 11 is 0. The molecule has 0 atom stereocenters. The van der Waals surface area contributed by atoms with E-state index in [-0.39, 0.29) is 22.2 Å². The Kier molecular flexibility index (Phi) is 2.70. The van der Waals surface area contributed by atoms with Crippen LogP contribution in [0.15, 0.2) is 15.9 Å². The Morgan fingerprint density at radius 1 is 1.32 bits per heavy atom. The van der Waals surface area contributed by atoms with Crippen LogP contribution in [0.2, 0.25) is 0 Å². The van der Waals surface area contributed by atoms with Crippen LogP contribution in [0.5, 0.6) is 0 Å². The number of rotatable bonds is 1. The second kappa shape index (κ2) is 4.38. The van der Waals surface area contributed by atoms with E-state index in [1.54, 1.807) is 0 Å². The van der Waals surface area contributed by atoms with Crippen LogP contribution in [-0.2, 0) is 5.41 Å². The summed E-state index contributed by atoms with van der Waals surface area (Å²) in [4.78, 5) is 35.1. The molecule has 3 N–H and O–H groups in total. The molecule has 0 amide bonds. The number of aromatic nitrogens is 4. The minimum atomic E-state index is -0.567. The molecule has 6 heteroatoms. The first-order valence-electron chi connectivity index (χ1n) is 6.28. The van der Waals surface area contributed by atoms with Gasteiger partial charge in [0.25, 0.3) is 11.1 Å². The van der Waals surface area contributed by atoms with Crippen LogP contribution < -0.4 is 21.8 Å². The fraction of sp³-hybridized carbons (Fsp3) is 0.308. The summed E-state index contributed by atoms with van der Waals surface area (Å²) in [6, 6.07) is -0.130. The Labute approximate surface area is 110 Å². The van der Waals surface area contributed by atoms with E-state index in [2.05, 4.69) is 26.5 Å². The fourth-order valence-electron chi connectivity index (χ4n) is 1.67. The maximum Gasteiger partial charge on any atom is 0.272 e. The third kappa shape index (κ3) is 2.57. The summed E-state index contributed by atoms with van der Waals surface area (Å²) in [5.74, 6) is 0. The molecule has 0 aromatic carbocycles. The molecule has 0 fully saturated rings. The van der Waals surface area contributed by atoms with E-state index in [1.165, 1.54) is 6.33 Å². The molecule has 0 saturated heterocycles. The number of hydrogen-bond acceptors (Lipinski definition) is 3. The highest BCUT2D eigenvalue weighted by molar-refractivity contribution is 5.47. The van der Waals surface area contributed by atoms with Crippen molar-refractivity contribution in [1.82, 2.24) is 19.9 Å². The SMILES string of the molecule is [2H]C(c1nc[nH]c1C(C)(C)C)=c1[nH]c(=O)c(=C)[nH]c1=O. The van der Waals surface area contributed by atoms with Crippen LogP contribution in [0.25, 0.3) is 12.6 Å². The van der Waals surface area contributed by atoms with Crippen molar-refractivity contribution in [3.63, 3.8) is 0 Å². The maximum atomic E-state index is 11.8. The molecule has 100 valence electrons. The first kappa shape index (κ1) is 11.7. The average molecular weight is 261 g/mol. The molecular weight excluding hydrogens is 244 g/mol. The Morgan fingerprint density at radius 3 is 2.63 bits per heavy atom. The average Bonchev–Trinajstić information content (AvgIpc) is 2.81. The Balaban J connectivity index is 2.84. The van der Waals surface area contributed by atoms with Gasteiger partial charge >= 0.3 is 0 Å². The lowest BCUT2D eigenvalue weighted by atomic mass is 9.90. The second-order valence-corrected chi connectivity index (χ2v) is 5.26. The van der Waals surface area contributed by atoms with E-state index >= 15 is 0 Å². The third-order valence-electron chi connectivity index (χ3n) is 2.64. The van der Waals surface area contributed by atoms with Crippen molar-refractivity contribution in [1.29, 1.82) is 0 Å². The Hall–Kier alpha value is -2.37. The highest BCUT2D eigenvalue weighted by atomic mass is 16.1. The van der Waals surface area contributed by atoms with Gasteiger partial charge in [-0.05, 0) is 6.05 Å². The van der Waals surface area contributed by atoms with Gasteiger partial charge in [0.1, 0.15) is 5.35 Å². The third-order valence-corrected chi connectivity index (χ3v) is 2.64. The molecular formula is C13H16N4O2. The molecule has 0 unspecified atom stereocenters. The topological polar surface area (TPSA) is 94.4 Å². The molecule has 0 saturated carbocycles.